The molecule has 0 saturated heterocycles. The molecule has 0 atom stereocenters. The molecule has 0 radical (unpaired) electrons. The lowest BCUT2D eigenvalue weighted by Gasteiger charge is -2.06. The quantitative estimate of drug-likeness (QED) is 0.710. The second kappa shape index (κ2) is 4.94. The van der Waals surface area contributed by atoms with Crippen LogP contribution in [-0.2, 0) is 0 Å². The number of rotatable bonds is 2. The van der Waals surface area contributed by atoms with Gasteiger partial charge in [-0.15, -0.1) is 5.10 Å². The molecule has 96 valence electrons. The summed E-state index contributed by atoms with van der Waals surface area (Å²) in [5.74, 6) is 0. The van der Waals surface area contributed by atoms with Crippen molar-refractivity contribution in [3.8, 4) is 23.0 Å². The van der Waals surface area contributed by atoms with Crippen molar-refractivity contribution < 1.29 is 0 Å². The Morgan fingerprint density at radius 1 is 1.05 bits per heavy atom. The van der Waals surface area contributed by atoms with E-state index in [4.69, 9.17) is 0 Å². The first-order valence-corrected chi connectivity index (χ1v) is 6.13. The number of benzene rings is 1. The highest BCUT2D eigenvalue weighted by molar-refractivity contribution is 5.66. The second-order valence-electron chi connectivity index (χ2n) is 4.38. The van der Waals surface area contributed by atoms with E-state index in [1.54, 1.807) is 17.1 Å². The van der Waals surface area contributed by atoms with E-state index in [0.29, 0.717) is 11.4 Å². The van der Waals surface area contributed by atoms with Crippen LogP contribution in [0, 0.1) is 18.3 Å². The first-order chi connectivity index (χ1) is 9.79. The van der Waals surface area contributed by atoms with Crippen LogP contribution in [0.15, 0.2) is 48.8 Å². The highest BCUT2D eigenvalue weighted by atomic mass is 15.4. The van der Waals surface area contributed by atoms with Crippen LogP contribution in [0.2, 0.25) is 0 Å². The molecule has 0 unspecified atom stereocenters. The van der Waals surface area contributed by atoms with Crippen molar-refractivity contribution in [1.82, 2.24) is 20.0 Å². The highest BCUT2D eigenvalue weighted by Gasteiger charge is 2.15. The lowest BCUT2D eigenvalue weighted by Crippen LogP contribution is -1.99. The number of hydrogen-bond acceptors (Lipinski definition) is 4. The normalized spacial score (nSPS) is 10.2. The number of nitriles is 1. The van der Waals surface area contributed by atoms with Crippen molar-refractivity contribution in [2.24, 2.45) is 0 Å². The van der Waals surface area contributed by atoms with Gasteiger partial charge in [-0.25, -0.2) is 4.68 Å². The van der Waals surface area contributed by atoms with E-state index in [2.05, 4.69) is 21.4 Å². The molecule has 0 aliphatic heterocycles. The molecule has 3 aromatic rings. The number of hydrogen-bond donors (Lipinski definition) is 0. The fourth-order valence-corrected chi connectivity index (χ4v) is 1.99. The zero-order valence-corrected chi connectivity index (χ0v) is 10.9. The molecule has 5 heteroatoms. The first kappa shape index (κ1) is 12.1. The summed E-state index contributed by atoms with van der Waals surface area (Å²) >= 11 is 0. The summed E-state index contributed by atoms with van der Waals surface area (Å²) in [6, 6.07) is 13.7. The molecule has 1 aromatic carbocycles. The number of aryl methyl sites for hydroxylation is 1. The number of aromatic nitrogens is 4. The maximum Gasteiger partial charge on any atom is 0.191 e. The van der Waals surface area contributed by atoms with Gasteiger partial charge in [-0.2, -0.15) is 5.26 Å². The van der Waals surface area contributed by atoms with Gasteiger partial charge in [0.15, 0.2) is 5.69 Å². The highest BCUT2D eigenvalue weighted by Crippen LogP contribution is 2.24. The molecule has 0 spiro atoms. The molecule has 0 saturated carbocycles. The molecule has 20 heavy (non-hydrogen) atoms. The van der Waals surface area contributed by atoms with Crippen LogP contribution in [0.1, 0.15) is 11.3 Å². The molecule has 5 nitrogen and oxygen atoms in total. The Balaban J connectivity index is 2.21. The van der Waals surface area contributed by atoms with Crippen molar-refractivity contribution in [3.63, 3.8) is 0 Å². The summed E-state index contributed by atoms with van der Waals surface area (Å²) in [4.78, 5) is 3.99. The lowest BCUT2D eigenvalue weighted by atomic mass is 10.1. The van der Waals surface area contributed by atoms with Gasteiger partial charge in [0, 0.05) is 18.0 Å². The van der Waals surface area contributed by atoms with E-state index in [1.807, 2.05) is 43.3 Å². The first-order valence-electron chi connectivity index (χ1n) is 6.13. The average Bonchev–Trinajstić information content (AvgIpc) is 2.93. The van der Waals surface area contributed by atoms with Crippen molar-refractivity contribution >= 4 is 0 Å². The van der Waals surface area contributed by atoms with E-state index in [0.717, 1.165) is 11.3 Å². The minimum Gasteiger partial charge on any atom is -0.265 e. The number of nitrogens with zero attached hydrogens (tertiary/aromatic N) is 5. The van der Waals surface area contributed by atoms with Crippen LogP contribution in [0.25, 0.3) is 16.9 Å². The molecule has 0 fully saturated rings. The molecule has 2 aromatic heterocycles. The van der Waals surface area contributed by atoms with E-state index in [-0.39, 0.29) is 0 Å². The third kappa shape index (κ3) is 2.04. The molecule has 0 aliphatic carbocycles. The average molecular weight is 261 g/mol. The van der Waals surface area contributed by atoms with E-state index >= 15 is 0 Å². The minimum atomic E-state index is 0.303. The van der Waals surface area contributed by atoms with Gasteiger partial charge in [-0.3, -0.25) is 4.98 Å². The molecular weight excluding hydrogens is 250 g/mol. The van der Waals surface area contributed by atoms with Crippen molar-refractivity contribution in [1.29, 1.82) is 5.26 Å². The van der Waals surface area contributed by atoms with Gasteiger partial charge in [0.1, 0.15) is 11.8 Å². The Bertz CT molecular complexity index is 766. The molecule has 2 heterocycles. The third-order valence-corrected chi connectivity index (χ3v) is 3.01. The van der Waals surface area contributed by atoms with Gasteiger partial charge in [0.2, 0.25) is 0 Å². The van der Waals surface area contributed by atoms with Crippen LogP contribution >= 0.6 is 0 Å². The zero-order chi connectivity index (χ0) is 13.9. The molecule has 3 rings (SSSR count). The van der Waals surface area contributed by atoms with Crippen LogP contribution in [0.4, 0.5) is 0 Å². The van der Waals surface area contributed by atoms with Crippen LogP contribution in [0.5, 0.6) is 0 Å². The molecule has 0 amide bonds. The maximum absolute atomic E-state index is 9.20. The fourth-order valence-electron chi connectivity index (χ4n) is 1.99. The monoisotopic (exact) mass is 261 g/mol. The van der Waals surface area contributed by atoms with E-state index in [1.165, 1.54) is 5.56 Å². The predicted molar refractivity (Wildman–Crippen MR) is 74.0 cm³/mol. The number of pyridine rings is 1. The van der Waals surface area contributed by atoms with E-state index < -0.39 is 0 Å². The Kier molecular flexibility index (Phi) is 2.98. The summed E-state index contributed by atoms with van der Waals surface area (Å²) in [6.45, 7) is 2.02. The van der Waals surface area contributed by atoms with E-state index in [9.17, 15) is 5.26 Å². The van der Waals surface area contributed by atoms with Crippen molar-refractivity contribution in [3.05, 3.63) is 60.0 Å². The zero-order valence-electron chi connectivity index (χ0n) is 10.9. The molecule has 0 bridgehead atoms. The van der Waals surface area contributed by atoms with Crippen molar-refractivity contribution in [2.45, 2.75) is 6.92 Å². The Morgan fingerprint density at radius 3 is 2.40 bits per heavy atom. The van der Waals surface area contributed by atoms with Gasteiger partial charge in [-0.05, 0) is 31.2 Å². The Labute approximate surface area is 116 Å². The summed E-state index contributed by atoms with van der Waals surface area (Å²) in [6.07, 6.45) is 3.37. The smallest absolute Gasteiger partial charge is 0.191 e. The Hall–Kier alpha value is -3.00. The predicted octanol–water partition coefficient (Wildman–Crippen LogP) is 2.51. The van der Waals surface area contributed by atoms with Crippen LogP contribution in [0.3, 0.4) is 0 Å². The van der Waals surface area contributed by atoms with Crippen LogP contribution < -0.4 is 0 Å². The van der Waals surface area contributed by atoms with Gasteiger partial charge < -0.3 is 0 Å². The fraction of sp³-hybridized carbons (Fsp3) is 0.0667. The topological polar surface area (TPSA) is 67.4 Å². The van der Waals surface area contributed by atoms with Gasteiger partial charge in [0.25, 0.3) is 0 Å². The SMILES string of the molecule is Cc1ccc(-n2nnc(C#N)c2-c2ccncc2)cc1. The molecule has 0 aliphatic rings. The van der Waals surface area contributed by atoms with Gasteiger partial charge >= 0.3 is 0 Å². The summed E-state index contributed by atoms with van der Waals surface area (Å²) in [5, 5.41) is 17.2. The Morgan fingerprint density at radius 2 is 1.75 bits per heavy atom. The van der Waals surface area contributed by atoms with Crippen LogP contribution in [-0.4, -0.2) is 20.0 Å². The van der Waals surface area contributed by atoms with Gasteiger partial charge in [0.05, 0.1) is 5.69 Å². The summed E-state index contributed by atoms with van der Waals surface area (Å²) in [7, 11) is 0. The summed E-state index contributed by atoms with van der Waals surface area (Å²) in [5.41, 5.74) is 3.88. The standard InChI is InChI=1S/C15H11N5/c1-11-2-4-13(5-3-11)20-15(14(10-16)18-19-20)12-6-8-17-9-7-12/h2-9H,1H3. The largest absolute Gasteiger partial charge is 0.265 e. The molecule has 0 N–H and O–H groups in total. The van der Waals surface area contributed by atoms with Gasteiger partial charge in [-0.1, -0.05) is 22.9 Å². The third-order valence-electron chi connectivity index (χ3n) is 3.01. The molecular formula is C15H11N5. The maximum atomic E-state index is 9.20. The lowest BCUT2D eigenvalue weighted by molar-refractivity contribution is 0.806. The second-order valence-corrected chi connectivity index (χ2v) is 4.38. The summed E-state index contributed by atoms with van der Waals surface area (Å²) < 4.78 is 1.67. The van der Waals surface area contributed by atoms with Crippen molar-refractivity contribution in [2.75, 3.05) is 0 Å². The minimum absolute atomic E-state index is 0.303.